The maximum atomic E-state index is 12.1. The van der Waals surface area contributed by atoms with Crippen LogP contribution in [0.15, 0.2) is 24.3 Å². The van der Waals surface area contributed by atoms with Gasteiger partial charge in [0.2, 0.25) is 11.8 Å². The van der Waals surface area contributed by atoms with Crippen molar-refractivity contribution in [3.05, 3.63) is 29.8 Å². The number of anilines is 1. The van der Waals surface area contributed by atoms with E-state index in [0.29, 0.717) is 6.04 Å². The molecule has 1 aliphatic heterocycles. The maximum Gasteiger partial charge on any atom is 0.237 e. The summed E-state index contributed by atoms with van der Waals surface area (Å²) >= 11 is 0. The SMILES string of the molecule is Cc1ccc(NC(=O)C[C@@H]2N[C@@H]3CCCC[C@@H]3NC2=O)cc1. The number of nitrogens with one attached hydrogen (secondary N) is 3. The quantitative estimate of drug-likeness (QED) is 0.796. The maximum absolute atomic E-state index is 12.1. The van der Waals surface area contributed by atoms with Gasteiger partial charge in [-0.3, -0.25) is 9.59 Å². The topological polar surface area (TPSA) is 70.2 Å². The number of piperazine rings is 1. The highest BCUT2D eigenvalue weighted by atomic mass is 16.2. The first-order valence-electron chi connectivity index (χ1n) is 8.05. The van der Waals surface area contributed by atoms with E-state index in [1.807, 2.05) is 31.2 Å². The molecule has 0 unspecified atom stereocenters. The van der Waals surface area contributed by atoms with Crippen LogP contribution in [-0.2, 0) is 9.59 Å². The van der Waals surface area contributed by atoms with Crippen molar-refractivity contribution in [1.29, 1.82) is 0 Å². The Kier molecular flexibility index (Phi) is 4.43. The molecule has 3 N–H and O–H groups in total. The Labute approximate surface area is 130 Å². The Balaban J connectivity index is 1.56. The number of fused-ring (bicyclic) bond motifs is 1. The first kappa shape index (κ1) is 15.0. The molecule has 1 aromatic rings. The second kappa shape index (κ2) is 6.48. The molecule has 2 amide bonds. The Morgan fingerprint density at radius 2 is 1.86 bits per heavy atom. The van der Waals surface area contributed by atoms with Gasteiger partial charge in [-0.2, -0.15) is 0 Å². The highest BCUT2D eigenvalue weighted by molar-refractivity contribution is 5.95. The molecule has 5 nitrogen and oxygen atoms in total. The van der Waals surface area contributed by atoms with Crippen molar-refractivity contribution >= 4 is 17.5 Å². The van der Waals surface area contributed by atoms with Gasteiger partial charge < -0.3 is 16.0 Å². The summed E-state index contributed by atoms with van der Waals surface area (Å²) in [6.45, 7) is 2.00. The third kappa shape index (κ3) is 3.47. The summed E-state index contributed by atoms with van der Waals surface area (Å²) in [5.74, 6) is -0.187. The molecule has 22 heavy (non-hydrogen) atoms. The Morgan fingerprint density at radius 1 is 1.18 bits per heavy atom. The predicted molar refractivity (Wildman–Crippen MR) is 85.5 cm³/mol. The molecule has 1 saturated carbocycles. The molecule has 5 heteroatoms. The summed E-state index contributed by atoms with van der Waals surface area (Å²) in [4.78, 5) is 24.3. The lowest BCUT2D eigenvalue weighted by molar-refractivity contribution is -0.129. The molecule has 1 aromatic carbocycles. The number of carbonyl (C=O) groups excluding carboxylic acids is 2. The van der Waals surface area contributed by atoms with Crippen LogP contribution in [0.1, 0.15) is 37.7 Å². The van der Waals surface area contributed by atoms with E-state index in [1.54, 1.807) is 0 Å². The monoisotopic (exact) mass is 301 g/mol. The summed E-state index contributed by atoms with van der Waals surface area (Å²) in [5, 5.41) is 9.27. The van der Waals surface area contributed by atoms with Gasteiger partial charge in [-0.25, -0.2) is 0 Å². The molecular weight excluding hydrogens is 278 g/mol. The molecular formula is C17H23N3O2. The molecule has 1 heterocycles. The zero-order valence-corrected chi connectivity index (χ0v) is 12.9. The van der Waals surface area contributed by atoms with Gasteiger partial charge in [0, 0.05) is 17.8 Å². The van der Waals surface area contributed by atoms with Crippen molar-refractivity contribution in [2.75, 3.05) is 5.32 Å². The minimum Gasteiger partial charge on any atom is -0.350 e. The number of hydrogen-bond acceptors (Lipinski definition) is 3. The van der Waals surface area contributed by atoms with Crippen LogP contribution in [0, 0.1) is 6.92 Å². The van der Waals surface area contributed by atoms with Crippen LogP contribution in [0.5, 0.6) is 0 Å². The van der Waals surface area contributed by atoms with Crippen LogP contribution in [0.2, 0.25) is 0 Å². The normalized spacial score (nSPS) is 27.7. The van der Waals surface area contributed by atoms with Crippen molar-refractivity contribution in [1.82, 2.24) is 10.6 Å². The molecule has 118 valence electrons. The number of amides is 2. The zero-order chi connectivity index (χ0) is 15.5. The molecule has 3 rings (SSSR count). The fourth-order valence-electron chi connectivity index (χ4n) is 3.31. The molecule has 0 bridgehead atoms. The second-order valence-corrected chi connectivity index (χ2v) is 6.34. The Morgan fingerprint density at radius 3 is 2.59 bits per heavy atom. The minimum atomic E-state index is -0.426. The van der Waals surface area contributed by atoms with Crippen LogP contribution in [0.25, 0.3) is 0 Å². The van der Waals surface area contributed by atoms with Gasteiger partial charge in [0.1, 0.15) is 0 Å². The lowest BCUT2D eigenvalue weighted by Gasteiger charge is -2.40. The standard InChI is InChI=1S/C17H23N3O2/c1-11-6-8-12(9-7-11)18-16(21)10-15-17(22)20-14-5-3-2-4-13(14)19-15/h6-9,13-15,19H,2-5,10H2,1H3,(H,18,21)(H,20,22)/t13-,14+,15+/m1/s1. The van der Waals surface area contributed by atoms with Gasteiger partial charge >= 0.3 is 0 Å². The highest BCUT2D eigenvalue weighted by Gasteiger charge is 2.36. The van der Waals surface area contributed by atoms with E-state index in [1.165, 1.54) is 12.8 Å². The predicted octanol–water partition coefficient (Wildman–Crippen LogP) is 1.72. The molecule has 0 aromatic heterocycles. The fraction of sp³-hybridized carbons (Fsp3) is 0.529. The molecule has 0 spiro atoms. The number of rotatable bonds is 3. The van der Waals surface area contributed by atoms with Crippen molar-refractivity contribution in [3.8, 4) is 0 Å². The smallest absolute Gasteiger partial charge is 0.237 e. The van der Waals surface area contributed by atoms with Crippen LogP contribution in [-0.4, -0.2) is 29.9 Å². The van der Waals surface area contributed by atoms with E-state index in [9.17, 15) is 9.59 Å². The van der Waals surface area contributed by atoms with Crippen LogP contribution < -0.4 is 16.0 Å². The van der Waals surface area contributed by atoms with Crippen molar-refractivity contribution in [2.45, 2.75) is 57.2 Å². The van der Waals surface area contributed by atoms with Crippen molar-refractivity contribution in [2.24, 2.45) is 0 Å². The van der Waals surface area contributed by atoms with E-state index < -0.39 is 6.04 Å². The molecule has 3 atom stereocenters. The summed E-state index contributed by atoms with van der Waals surface area (Å²) < 4.78 is 0. The lowest BCUT2D eigenvalue weighted by atomic mass is 9.87. The van der Waals surface area contributed by atoms with Gasteiger partial charge in [-0.05, 0) is 31.9 Å². The average molecular weight is 301 g/mol. The first-order valence-corrected chi connectivity index (χ1v) is 8.05. The van der Waals surface area contributed by atoms with E-state index in [-0.39, 0.29) is 24.3 Å². The van der Waals surface area contributed by atoms with Crippen molar-refractivity contribution < 1.29 is 9.59 Å². The van der Waals surface area contributed by atoms with E-state index in [0.717, 1.165) is 24.1 Å². The summed E-state index contributed by atoms with van der Waals surface area (Å²) in [6.07, 6.45) is 4.63. The van der Waals surface area contributed by atoms with E-state index in [2.05, 4.69) is 16.0 Å². The van der Waals surface area contributed by atoms with Gasteiger partial charge in [-0.1, -0.05) is 30.5 Å². The molecule has 0 radical (unpaired) electrons. The largest absolute Gasteiger partial charge is 0.350 e. The van der Waals surface area contributed by atoms with Crippen LogP contribution >= 0.6 is 0 Å². The van der Waals surface area contributed by atoms with Gasteiger partial charge in [0.25, 0.3) is 0 Å². The third-order valence-corrected chi connectivity index (χ3v) is 4.55. The second-order valence-electron chi connectivity index (χ2n) is 6.34. The molecule has 1 aliphatic carbocycles. The van der Waals surface area contributed by atoms with Gasteiger partial charge in [0.05, 0.1) is 12.5 Å². The molecule has 2 aliphatic rings. The Bertz CT molecular complexity index is 556. The van der Waals surface area contributed by atoms with Crippen LogP contribution in [0.4, 0.5) is 5.69 Å². The van der Waals surface area contributed by atoms with Gasteiger partial charge in [-0.15, -0.1) is 0 Å². The summed E-state index contributed by atoms with van der Waals surface area (Å²) in [5.41, 5.74) is 1.91. The fourth-order valence-corrected chi connectivity index (χ4v) is 3.31. The zero-order valence-electron chi connectivity index (χ0n) is 12.9. The molecule has 2 fully saturated rings. The number of hydrogen-bond donors (Lipinski definition) is 3. The first-order chi connectivity index (χ1) is 10.6. The van der Waals surface area contributed by atoms with Crippen molar-refractivity contribution in [3.63, 3.8) is 0 Å². The van der Waals surface area contributed by atoms with E-state index in [4.69, 9.17) is 0 Å². The molecule has 1 saturated heterocycles. The third-order valence-electron chi connectivity index (χ3n) is 4.55. The highest BCUT2D eigenvalue weighted by Crippen LogP contribution is 2.22. The van der Waals surface area contributed by atoms with Gasteiger partial charge in [0.15, 0.2) is 0 Å². The van der Waals surface area contributed by atoms with E-state index >= 15 is 0 Å². The summed E-state index contributed by atoms with van der Waals surface area (Å²) in [6, 6.07) is 7.77. The summed E-state index contributed by atoms with van der Waals surface area (Å²) in [7, 11) is 0. The average Bonchev–Trinajstić information content (AvgIpc) is 2.50. The Hall–Kier alpha value is -1.88. The lowest BCUT2D eigenvalue weighted by Crippen LogP contribution is -2.65. The number of aryl methyl sites for hydroxylation is 1. The number of carbonyl (C=O) groups is 2. The van der Waals surface area contributed by atoms with Crippen LogP contribution in [0.3, 0.4) is 0 Å². The minimum absolute atomic E-state index is 0.0535. The number of benzene rings is 1.